The molecule has 0 aliphatic rings. The molecule has 0 aromatic heterocycles. The van der Waals surface area contributed by atoms with E-state index in [0.717, 1.165) is 0 Å². The Morgan fingerprint density at radius 2 is 1.42 bits per heavy atom. The number of halogens is 2. The molecule has 0 heterocycles. The first-order chi connectivity index (χ1) is 9.94. The summed E-state index contributed by atoms with van der Waals surface area (Å²) >= 11 is 1.55. The van der Waals surface area contributed by atoms with Crippen LogP contribution in [0.3, 0.4) is 0 Å². The van der Waals surface area contributed by atoms with Crippen molar-refractivity contribution in [3.05, 3.63) is 54.3 Å². The van der Waals surface area contributed by atoms with E-state index in [1.807, 2.05) is 30.3 Å². The van der Waals surface area contributed by atoms with Gasteiger partial charge in [0.15, 0.2) is 0 Å². The third kappa shape index (κ3) is 43.3. The van der Waals surface area contributed by atoms with E-state index >= 15 is 0 Å². The van der Waals surface area contributed by atoms with Crippen LogP contribution in [-0.4, -0.2) is 19.4 Å². The van der Waals surface area contributed by atoms with Crippen molar-refractivity contribution >= 4 is 19.4 Å². The number of allylic oxidation sites excluding steroid dienone is 3. The molecule has 0 amide bonds. The van der Waals surface area contributed by atoms with Crippen LogP contribution in [0.5, 0.6) is 0 Å². The molecule has 1 aromatic carbocycles. The molecule has 0 bridgehead atoms. The van der Waals surface area contributed by atoms with Gasteiger partial charge in [-0.25, -0.2) is 23.9 Å². The Balaban J connectivity index is -0.000000150. The zero-order valence-electron chi connectivity index (χ0n) is 16.6. The fourth-order valence-corrected chi connectivity index (χ4v) is 2.38. The monoisotopic (exact) mass is 478 g/mol. The van der Waals surface area contributed by atoms with Crippen molar-refractivity contribution in [2.24, 2.45) is 0 Å². The Bertz CT molecular complexity index is 404. The molecule has 0 aliphatic carbocycles. The molecule has 24 heavy (non-hydrogen) atoms. The second-order valence-electron chi connectivity index (χ2n) is 7.80. The summed E-state index contributed by atoms with van der Waals surface area (Å²) < 4.78 is 1.51. The molecule has 0 atom stereocenters. The standard InChI is InChI=1S/C11H23Si2.C5H5.C3H6.2ClH.Zr/c1-12(2,3)10-8-7-9-11-13(4,5)6;1-2-4-5-3-1;1-3-2;;;/h8-10H,11H2,1-6H3;1-5H;1-2H3;2*1H;/q2*-1;;;;+2/p-2. The molecule has 0 saturated carbocycles. The molecular weight excluding hydrogens is 447 g/mol. The van der Waals surface area contributed by atoms with E-state index < -0.39 is 16.1 Å². The average Bonchev–Trinajstić information content (AvgIpc) is 2.82. The third-order valence-electron chi connectivity index (χ3n) is 2.07. The molecule has 1 rings (SSSR count). The summed E-state index contributed by atoms with van der Waals surface area (Å²) in [6.07, 6.45) is 7.56. The van der Waals surface area contributed by atoms with E-state index in [2.05, 4.69) is 77.1 Å². The van der Waals surface area contributed by atoms with Gasteiger partial charge in [-0.2, -0.15) is 24.3 Å². The maximum absolute atomic E-state index is 3.26. The van der Waals surface area contributed by atoms with Gasteiger partial charge in [0.25, 0.3) is 0 Å². The van der Waals surface area contributed by atoms with Gasteiger partial charge in [-0.05, 0) is 8.07 Å². The molecule has 0 fully saturated rings. The first-order valence-electron chi connectivity index (χ1n) is 7.88. The smallest absolute Gasteiger partial charge is 0.0465 e. The minimum absolute atomic E-state index is 0. The molecule has 138 valence electrons. The van der Waals surface area contributed by atoms with E-state index in [9.17, 15) is 0 Å². The quantitative estimate of drug-likeness (QED) is 0.330. The summed E-state index contributed by atoms with van der Waals surface area (Å²) in [5, 5.41) is 0. The van der Waals surface area contributed by atoms with Crippen molar-refractivity contribution in [3.63, 3.8) is 0 Å². The third-order valence-corrected chi connectivity index (χ3v) is 4.66. The van der Waals surface area contributed by atoms with Gasteiger partial charge in [0.1, 0.15) is 0 Å². The van der Waals surface area contributed by atoms with Gasteiger partial charge in [0.05, 0.1) is 0 Å². The van der Waals surface area contributed by atoms with E-state index in [4.69, 9.17) is 0 Å². The largest absolute Gasteiger partial charge is 1.00 e. The Kier molecular flexibility index (Phi) is 24.7. The van der Waals surface area contributed by atoms with Gasteiger partial charge >= 0.3 is 41.3 Å². The molecule has 0 unspecified atom stereocenters. The Morgan fingerprint density at radius 3 is 1.67 bits per heavy atom. The van der Waals surface area contributed by atoms with Gasteiger partial charge in [-0.3, -0.25) is 6.08 Å². The maximum atomic E-state index is 3.26. The maximum Gasteiger partial charge on any atom is 0.0465 e. The molecule has 0 aliphatic heterocycles. The van der Waals surface area contributed by atoms with Gasteiger partial charge in [-0.1, -0.05) is 45.3 Å². The normalized spacial score (nSPS) is 10.8. The molecule has 0 saturated heterocycles. The zero-order valence-corrected chi connectivity index (χ0v) is 22.6. The van der Waals surface area contributed by atoms with Crippen molar-refractivity contribution in [1.82, 2.24) is 0 Å². The SMILES string of the molecule is C[C](C)=[Zr+2].C[Si](C)(C)C=C[C-]=CC[Si](C)(C)C.[Cl-].[Cl-].c1cc[cH-]c1. The first-order valence-corrected chi connectivity index (χ1v) is 16.4. The summed E-state index contributed by atoms with van der Waals surface area (Å²) in [6.45, 7) is 18.4. The Labute approximate surface area is 180 Å². The van der Waals surface area contributed by atoms with E-state index in [-0.39, 0.29) is 24.8 Å². The molecule has 0 nitrogen and oxygen atoms in total. The van der Waals surface area contributed by atoms with Gasteiger partial charge in [0, 0.05) is 8.07 Å². The molecule has 0 N–H and O–H groups in total. The summed E-state index contributed by atoms with van der Waals surface area (Å²) in [4.78, 5) is 0. The van der Waals surface area contributed by atoms with Crippen LogP contribution in [0.4, 0.5) is 0 Å². The zero-order chi connectivity index (χ0) is 17.6. The second kappa shape index (κ2) is 18.4. The molecule has 0 radical (unpaired) electrons. The number of hydrogen-bond donors (Lipinski definition) is 0. The summed E-state index contributed by atoms with van der Waals surface area (Å²) in [7, 11) is -1.90. The summed E-state index contributed by atoms with van der Waals surface area (Å²) in [5.41, 5.74) is 2.33. The van der Waals surface area contributed by atoms with E-state index in [1.165, 1.54) is 9.25 Å². The van der Waals surface area contributed by atoms with Crippen molar-refractivity contribution in [1.29, 1.82) is 0 Å². The van der Waals surface area contributed by atoms with Crippen LogP contribution in [0.2, 0.25) is 45.3 Å². The minimum atomic E-state index is -1.00. The predicted molar refractivity (Wildman–Crippen MR) is 107 cm³/mol. The average molecular weight is 481 g/mol. The van der Waals surface area contributed by atoms with Crippen LogP contribution < -0.4 is 24.8 Å². The molecule has 5 heteroatoms. The van der Waals surface area contributed by atoms with Crippen LogP contribution in [0.25, 0.3) is 0 Å². The minimum Gasteiger partial charge on any atom is -1.00 e. The van der Waals surface area contributed by atoms with Gasteiger partial charge < -0.3 is 24.8 Å². The second-order valence-corrected chi connectivity index (χ2v) is 20.9. The van der Waals surface area contributed by atoms with Crippen molar-refractivity contribution in [2.45, 2.75) is 59.2 Å². The number of rotatable bonds is 4. The van der Waals surface area contributed by atoms with Gasteiger partial charge in [0.2, 0.25) is 0 Å². The van der Waals surface area contributed by atoms with Crippen molar-refractivity contribution in [3.8, 4) is 0 Å². The van der Waals surface area contributed by atoms with Crippen LogP contribution in [0, 0.1) is 6.08 Å². The topological polar surface area (TPSA) is 0 Å². The fraction of sp³-hybridized carbons (Fsp3) is 0.474. The molecular formula is C19H34Cl2Si2Zr-2. The van der Waals surface area contributed by atoms with E-state index in [0.29, 0.717) is 0 Å². The Morgan fingerprint density at radius 1 is 1.00 bits per heavy atom. The summed E-state index contributed by atoms with van der Waals surface area (Å²) in [6, 6.07) is 11.2. The predicted octanol–water partition coefficient (Wildman–Crippen LogP) is 0.276. The van der Waals surface area contributed by atoms with Crippen molar-refractivity contribution < 1.29 is 49.0 Å². The Hall–Kier alpha value is 0.597. The van der Waals surface area contributed by atoms with Crippen LogP contribution in [0.1, 0.15) is 13.8 Å². The number of hydrogen-bond acceptors (Lipinski definition) is 0. The van der Waals surface area contributed by atoms with Crippen LogP contribution in [0.15, 0.2) is 48.2 Å². The van der Waals surface area contributed by atoms with Gasteiger partial charge in [-0.15, -0.1) is 0 Å². The van der Waals surface area contributed by atoms with Crippen LogP contribution >= 0.6 is 0 Å². The van der Waals surface area contributed by atoms with Crippen molar-refractivity contribution in [2.75, 3.05) is 0 Å². The molecule has 0 spiro atoms. The summed E-state index contributed by atoms with van der Waals surface area (Å²) in [5.74, 6) is 0. The molecule has 1 aromatic rings. The first kappa shape index (κ1) is 32.3. The van der Waals surface area contributed by atoms with E-state index in [1.54, 1.807) is 24.2 Å². The fourth-order valence-electron chi connectivity index (χ4n) is 1.05. The van der Waals surface area contributed by atoms with Crippen LogP contribution in [-0.2, 0) is 24.2 Å².